The second kappa shape index (κ2) is 11.2. The molecule has 22 heavy (non-hydrogen) atoms. The van der Waals surface area contributed by atoms with Gasteiger partial charge in [0.2, 0.25) is 0 Å². The maximum Gasteiger partial charge on any atom is -0.00450 e. The molecule has 0 heterocycles. The topological polar surface area (TPSA) is 23.9 Å². The molecule has 0 aromatic heterocycles. The van der Waals surface area contributed by atoms with Crippen molar-refractivity contribution in [3.63, 3.8) is 0 Å². The Morgan fingerprint density at radius 1 is 0.591 bits per heavy atom. The maximum atomic E-state index is 7.49. The first-order valence-electron chi connectivity index (χ1n) is 10.4. The van der Waals surface area contributed by atoms with Gasteiger partial charge in [-0.1, -0.05) is 83.5 Å². The van der Waals surface area contributed by atoms with Crippen molar-refractivity contribution in [1.29, 1.82) is 5.41 Å². The van der Waals surface area contributed by atoms with Crippen molar-refractivity contribution < 1.29 is 0 Å². The van der Waals surface area contributed by atoms with Gasteiger partial charge in [0.05, 0.1) is 0 Å². The van der Waals surface area contributed by atoms with Gasteiger partial charge < -0.3 is 5.41 Å². The predicted octanol–water partition coefficient (Wildman–Crippen LogP) is 7.14. The number of nitrogens with one attached hydrogen (secondary N) is 1. The highest BCUT2D eigenvalue weighted by molar-refractivity contribution is 5.53. The first-order chi connectivity index (χ1) is 10.9. The first-order valence-corrected chi connectivity index (χ1v) is 10.4. The van der Waals surface area contributed by atoms with Crippen LogP contribution >= 0.6 is 0 Å². The molecule has 3 unspecified atom stereocenters. The van der Waals surface area contributed by atoms with E-state index < -0.39 is 0 Å². The van der Waals surface area contributed by atoms with Crippen LogP contribution in [0.1, 0.15) is 109 Å². The fourth-order valence-corrected chi connectivity index (χ4v) is 4.69. The summed E-state index contributed by atoms with van der Waals surface area (Å²) in [6.45, 7) is 0. The summed E-state index contributed by atoms with van der Waals surface area (Å²) >= 11 is 0. The normalized spacial score (nSPS) is 33.2. The highest BCUT2D eigenvalue weighted by Gasteiger charge is 2.31. The largest absolute Gasteiger partial charge is 0.313 e. The minimum absolute atomic E-state index is 0.820. The zero-order chi connectivity index (χ0) is 15.5. The van der Waals surface area contributed by atoms with E-state index >= 15 is 0 Å². The second-order valence-electron chi connectivity index (χ2n) is 8.11. The molecule has 0 aromatic rings. The quantitative estimate of drug-likeness (QED) is 0.524. The Labute approximate surface area is 139 Å². The number of fused-ring (bicyclic) bond motifs is 1. The molecule has 2 aliphatic rings. The van der Waals surface area contributed by atoms with Crippen molar-refractivity contribution in [2.24, 2.45) is 17.8 Å². The minimum atomic E-state index is 0.820. The molecular formula is C21H39N. The Bertz CT molecular complexity index is 286. The molecule has 2 rings (SSSR count). The lowest BCUT2D eigenvalue weighted by Crippen LogP contribution is -2.28. The molecule has 1 nitrogen and oxygen atoms in total. The molecule has 2 aliphatic carbocycles. The summed E-state index contributed by atoms with van der Waals surface area (Å²) in [6.07, 6.45) is 26.1. The highest BCUT2D eigenvalue weighted by atomic mass is 14.4. The lowest BCUT2D eigenvalue weighted by Gasteiger charge is -2.39. The second-order valence-corrected chi connectivity index (χ2v) is 8.11. The summed E-state index contributed by atoms with van der Waals surface area (Å²) in [5, 5.41) is 7.49. The van der Waals surface area contributed by atoms with Gasteiger partial charge in [-0.05, 0) is 49.7 Å². The molecule has 128 valence electrons. The van der Waals surface area contributed by atoms with Crippen molar-refractivity contribution in [2.45, 2.75) is 109 Å². The SMILES string of the molecule is N=CCC1CCCCCCCCCCCCCC2CCC2C1. The third-order valence-electron chi connectivity index (χ3n) is 6.35. The molecule has 3 atom stereocenters. The summed E-state index contributed by atoms with van der Waals surface area (Å²) < 4.78 is 0. The lowest BCUT2D eigenvalue weighted by molar-refractivity contribution is 0.125. The van der Waals surface area contributed by atoms with Gasteiger partial charge in [-0.3, -0.25) is 0 Å². The number of rotatable bonds is 2. The van der Waals surface area contributed by atoms with Crippen LogP contribution in [-0.2, 0) is 0 Å². The number of hydrogen-bond acceptors (Lipinski definition) is 1. The van der Waals surface area contributed by atoms with E-state index in [1.165, 1.54) is 103 Å². The molecule has 0 aromatic carbocycles. The van der Waals surface area contributed by atoms with Crippen LogP contribution in [0.4, 0.5) is 0 Å². The third kappa shape index (κ3) is 6.84. The van der Waals surface area contributed by atoms with Gasteiger partial charge in [0, 0.05) is 0 Å². The molecule has 0 radical (unpaired) electrons. The van der Waals surface area contributed by atoms with Crippen molar-refractivity contribution in [2.75, 3.05) is 0 Å². The van der Waals surface area contributed by atoms with Crippen molar-refractivity contribution >= 4 is 6.21 Å². The molecule has 0 spiro atoms. The number of hydrogen-bond donors (Lipinski definition) is 1. The van der Waals surface area contributed by atoms with Crippen LogP contribution in [-0.4, -0.2) is 6.21 Å². The fraction of sp³-hybridized carbons (Fsp3) is 0.952. The fourth-order valence-electron chi connectivity index (χ4n) is 4.69. The molecular weight excluding hydrogens is 266 g/mol. The predicted molar refractivity (Wildman–Crippen MR) is 97.7 cm³/mol. The van der Waals surface area contributed by atoms with E-state index in [9.17, 15) is 0 Å². The van der Waals surface area contributed by atoms with E-state index in [1.54, 1.807) is 6.21 Å². The Morgan fingerprint density at radius 3 is 1.59 bits per heavy atom. The zero-order valence-corrected chi connectivity index (χ0v) is 14.8. The average Bonchev–Trinajstić information content (AvgIpc) is 2.50. The van der Waals surface area contributed by atoms with E-state index in [-0.39, 0.29) is 0 Å². The van der Waals surface area contributed by atoms with E-state index in [4.69, 9.17) is 5.41 Å². The van der Waals surface area contributed by atoms with Crippen molar-refractivity contribution in [1.82, 2.24) is 0 Å². The zero-order valence-electron chi connectivity index (χ0n) is 14.8. The average molecular weight is 306 g/mol. The smallest absolute Gasteiger partial charge is 0.00450 e. The van der Waals surface area contributed by atoms with E-state index in [0.717, 1.165) is 24.2 Å². The van der Waals surface area contributed by atoms with Crippen LogP contribution in [0.15, 0.2) is 0 Å². The summed E-state index contributed by atoms with van der Waals surface area (Å²) in [4.78, 5) is 0. The summed E-state index contributed by atoms with van der Waals surface area (Å²) in [5.74, 6) is 2.88. The molecule has 0 saturated heterocycles. The van der Waals surface area contributed by atoms with Crippen LogP contribution in [0.25, 0.3) is 0 Å². The van der Waals surface area contributed by atoms with Gasteiger partial charge in [-0.15, -0.1) is 0 Å². The highest BCUT2D eigenvalue weighted by Crippen LogP contribution is 2.43. The molecule has 1 heteroatoms. The van der Waals surface area contributed by atoms with Crippen LogP contribution in [0, 0.1) is 23.2 Å². The molecule has 1 N–H and O–H groups in total. The standard InChI is InChI=1S/C21H39N/c22-17-16-19-12-10-8-6-4-2-1-3-5-7-9-11-13-20-14-15-21(20)18-19/h17,19-22H,1-16,18H2. The monoisotopic (exact) mass is 305 g/mol. The van der Waals surface area contributed by atoms with Crippen molar-refractivity contribution in [3.8, 4) is 0 Å². The Balaban J connectivity index is 1.76. The Morgan fingerprint density at radius 2 is 1.09 bits per heavy atom. The summed E-state index contributed by atoms with van der Waals surface area (Å²) in [6, 6.07) is 0. The van der Waals surface area contributed by atoms with Gasteiger partial charge in [0.1, 0.15) is 0 Å². The summed E-state index contributed by atoms with van der Waals surface area (Å²) in [7, 11) is 0. The molecule has 0 aliphatic heterocycles. The summed E-state index contributed by atoms with van der Waals surface area (Å²) in [5.41, 5.74) is 0. The van der Waals surface area contributed by atoms with Crippen LogP contribution in [0.2, 0.25) is 0 Å². The Kier molecular flexibility index (Phi) is 9.21. The van der Waals surface area contributed by atoms with Crippen molar-refractivity contribution in [3.05, 3.63) is 0 Å². The van der Waals surface area contributed by atoms with Gasteiger partial charge >= 0.3 is 0 Å². The minimum Gasteiger partial charge on any atom is -0.313 e. The maximum absolute atomic E-state index is 7.49. The lowest BCUT2D eigenvalue weighted by atomic mass is 9.67. The molecule has 2 saturated carbocycles. The molecule has 0 amide bonds. The van der Waals surface area contributed by atoms with Crippen LogP contribution < -0.4 is 0 Å². The molecule has 0 bridgehead atoms. The van der Waals surface area contributed by atoms with Crippen LogP contribution in [0.5, 0.6) is 0 Å². The van der Waals surface area contributed by atoms with Gasteiger partial charge in [-0.25, -0.2) is 0 Å². The Hall–Kier alpha value is -0.330. The van der Waals surface area contributed by atoms with E-state index in [2.05, 4.69) is 0 Å². The van der Waals surface area contributed by atoms with Gasteiger partial charge in [0.15, 0.2) is 0 Å². The molecule has 2 fully saturated rings. The first kappa shape index (κ1) is 18.0. The van der Waals surface area contributed by atoms with Crippen LogP contribution in [0.3, 0.4) is 0 Å². The van der Waals surface area contributed by atoms with E-state index in [0.29, 0.717) is 0 Å². The van der Waals surface area contributed by atoms with Gasteiger partial charge in [-0.2, -0.15) is 0 Å². The van der Waals surface area contributed by atoms with E-state index in [1.807, 2.05) is 0 Å². The third-order valence-corrected chi connectivity index (χ3v) is 6.35. The van der Waals surface area contributed by atoms with Gasteiger partial charge in [0.25, 0.3) is 0 Å².